The van der Waals surface area contributed by atoms with E-state index < -0.39 is 23.7 Å². The molecule has 0 spiro atoms. The molecule has 2 aromatic carbocycles. The van der Waals surface area contributed by atoms with Gasteiger partial charge >= 0.3 is 0 Å². The lowest BCUT2D eigenvalue weighted by Gasteiger charge is -2.29. The zero-order valence-electron chi connectivity index (χ0n) is 23.1. The third-order valence-corrected chi connectivity index (χ3v) is 6.07. The molecular weight excluding hydrogens is 420 g/mol. The quantitative estimate of drug-likeness (QED) is 0.650. The van der Waals surface area contributed by atoms with Crippen LogP contribution >= 0.6 is 0 Å². The zero-order chi connectivity index (χ0) is 27.2. The number of nitrogens with one attached hydrogen (secondary N) is 2. The van der Waals surface area contributed by atoms with Crippen LogP contribution in [0, 0.1) is 0 Å². The highest BCUT2D eigenvalue weighted by Gasteiger charge is 2.39. The van der Waals surface area contributed by atoms with Gasteiger partial charge in [0.25, 0.3) is 5.91 Å². The fourth-order valence-corrected chi connectivity index (χ4v) is 4.28. The normalized spacial score (nSPS) is 25.5. The van der Waals surface area contributed by atoms with Crippen LogP contribution in [0.3, 0.4) is 0 Å². The minimum atomic E-state index is -1.90. The van der Waals surface area contributed by atoms with Crippen molar-refractivity contribution in [1.82, 2.24) is 15.1 Å². The Morgan fingerprint density at radius 1 is 1.12 bits per heavy atom. The molecule has 2 fully saturated rings. The first-order chi connectivity index (χ1) is 18.1. The lowest BCUT2D eigenvalue weighted by atomic mass is 10.0. The molecule has 172 valence electrons. The Balaban J connectivity index is 1.37. The summed E-state index contributed by atoms with van der Waals surface area (Å²) in [6.07, 6.45) is -0.134. The maximum atomic E-state index is 13.1. The van der Waals surface area contributed by atoms with E-state index >= 15 is 0 Å². The number of morpholine rings is 1. The van der Waals surface area contributed by atoms with Crippen molar-refractivity contribution in [3.8, 4) is 0 Å². The molecule has 3 amide bonds. The molecule has 33 heavy (non-hydrogen) atoms. The third-order valence-electron chi connectivity index (χ3n) is 6.07. The van der Waals surface area contributed by atoms with Crippen molar-refractivity contribution in [2.75, 3.05) is 31.6 Å². The Morgan fingerprint density at radius 3 is 2.64 bits per heavy atom. The smallest absolute Gasteiger partial charge is 0.255 e. The number of ether oxygens (including phenoxy) is 1. The Morgan fingerprint density at radius 2 is 1.88 bits per heavy atom. The highest BCUT2D eigenvalue weighted by Crippen LogP contribution is 2.32. The molecule has 8 nitrogen and oxygen atoms in total. The number of carbonyl (C=O) groups is 3. The lowest BCUT2D eigenvalue weighted by Crippen LogP contribution is -2.52. The highest BCUT2D eigenvalue weighted by molar-refractivity contribution is 6.06. The number of anilines is 1. The van der Waals surface area contributed by atoms with E-state index in [1.54, 1.807) is 18.2 Å². The van der Waals surface area contributed by atoms with Crippen LogP contribution in [0.1, 0.15) is 46.7 Å². The number of hydrogen-bond acceptors (Lipinski definition) is 6. The van der Waals surface area contributed by atoms with Crippen LogP contribution in [-0.2, 0) is 34.0 Å². The minimum Gasteiger partial charge on any atom is -0.381 e. The average molecular weight is 454 g/mol. The Bertz CT molecular complexity index is 1300. The molecule has 3 aliphatic rings. The van der Waals surface area contributed by atoms with E-state index in [1.807, 2.05) is 4.90 Å². The van der Waals surface area contributed by atoms with Crippen molar-refractivity contribution in [3.63, 3.8) is 0 Å². The molecule has 0 saturated carbocycles. The molecule has 5 rings (SSSR count). The molecule has 0 unspecified atom stereocenters. The van der Waals surface area contributed by atoms with Gasteiger partial charge in [-0.2, -0.15) is 0 Å². The molecule has 1 atom stereocenters. The molecule has 2 aromatic rings. The van der Waals surface area contributed by atoms with Crippen LogP contribution in [0.4, 0.5) is 5.69 Å². The maximum absolute atomic E-state index is 13.1. The topological polar surface area (TPSA) is 91.0 Å². The summed E-state index contributed by atoms with van der Waals surface area (Å²) in [4.78, 5) is 40.4. The molecule has 2 N–H and O–H groups in total. The first-order valence-electron chi connectivity index (χ1n) is 13.5. The van der Waals surface area contributed by atoms with Gasteiger partial charge in [0.15, 0.2) is 0 Å². The number of piperidine rings is 1. The maximum Gasteiger partial charge on any atom is 0.255 e. The van der Waals surface area contributed by atoms with Crippen molar-refractivity contribution in [1.29, 1.82) is 0 Å². The molecule has 8 heteroatoms. The van der Waals surface area contributed by atoms with E-state index in [9.17, 15) is 14.4 Å². The standard InChI is InChI=1S/C25H28N4O4/c30-23-9-8-22(24(31)27-23)29-16-20-19(25(29)32)2-1-3-21(20)26-14-17-4-6-18(7-5-17)15-28-10-12-33-13-11-28/h1-7,22,26H,8-16H2,(H,27,30,31)/t22-/m0/s1/i4D,5D,6D,7D,22D. The van der Waals surface area contributed by atoms with Crippen molar-refractivity contribution in [3.05, 3.63) is 64.6 Å². The predicted molar refractivity (Wildman–Crippen MR) is 122 cm³/mol. The van der Waals surface area contributed by atoms with E-state index in [-0.39, 0.29) is 55.7 Å². The third kappa shape index (κ3) is 4.62. The highest BCUT2D eigenvalue weighted by atomic mass is 16.5. The molecular formula is C25H28N4O4. The Kier molecular flexibility index (Phi) is 4.63. The van der Waals surface area contributed by atoms with Crippen LogP contribution in [0.5, 0.6) is 0 Å². The van der Waals surface area contributed by atoms with Crippen molar-refractivity contribution in [2.24, 2.45) is 0 Å². The van der Waals surface area contributed by atoms with Gasteiger partial charge < -0.3 is 15.0 Å². The van der Waals surface area contributed by atoms with Gasteiger partial charge in [0.1, 0.15) is 6.02 Å². The summed E-state index contributed by atoms with van der Waals surface area (Å²) >= 11 is 0. The van der Waals surface area contributed by atoms with Crippen molar-refractivity contribution >= 4 is 23.4 Å². The van der Waals surface area contributed by atoms with Gasteiger partial charge in [-0.3, -0.25) is 24.6 Å². The first-order valence-corrected chi connectivity index (χ1v) is 11.0. The molecule has 0 radical (unpaired) electrons. The summed E-state index contributed by atoms with van der Waals surface area (Å²) in [5, 5.41) is 5.29. The van der Waals surface area contributed by atoms with E-state index in [4.69, 9.17) is 11.6 Å². The fourth-order valence-electron chi connectivity index (χ4n) is 4.28. The van der Waals surface area contributed by atoms with Crippen LogP contribution < -0.4 is 10.6 Å². The summed E-state index contributed by atoms with van der Waals surface area (Å²) in [5.41, 5.74) is 1.97. The monoisotopic (exact) mass is 453 g/mol. The average Bonchev–Trinajstić information content (AvgIpc) is 3.26. The molecule has 3 heterocycles. The van der Waals surface area contributed by atoms with Crippen LogP contribution in [0.25, 0.3) is 0 Å². The lowest BCUT2D eigenvalue weighted by molar-refractivity contribution is -0.136. The number of benzene rings is 2. The van der Waals surface area contributed by atoms with Gasteiger partial charge in [-0.25, -0.2) is 0 Å². The molecule has 3 aliphatic heterocycles. The summed E-state index contributed by atoms with van der Waals surface area (Å²) < 4.78 is 48.1. The largest absolute Gasteiger partial charge is 0.381 e. The number of amides is 3. The van der Waals surface area contributed by atoms with E-state index in [2.05, 4.69) is 10.6 Å². The second-order valence-corrected chi connectivity index (χ2v) is 8.25. The summed E-state index contributed by atoms with van der Waals surface area (Å²) in [6, 6.07) is 2.67. The summed E-state index contributed by atoms with van der Waals surface area (Å²) in [5.74, 6) is -1.79. The SMILES string of the molecule is [2H]c1c([2H])c(CN2CCOCC2)c([2H])c([2H])c1CNc1cccc2c1CN([C@@]1([2H])CCC(=O)NC1=O)C2=O. The minimum absolute atomic E-state index is 0.0150. The number of fused-ring (bicyclic) bond motifs is 1. The fraction of sp³-hybridized carbons (Fsp3) is 0.400. The number of rotatable bonds is 6. The molecule has 0 aliphatic carbocycles. The van der Waals surface area contributed by atoms with E-state index in [0.29, 0.717) is 55.2 Å². The molecule has 0 aromatic heterocycles. The molecule has 0 bridgehead atoms. The van der Waals surface area contributed by atoms with Gasteiger partial charge in [-0.05, 0) is 29.7 Å². The van der Waals surface area contributed by atoms with Gasteiger partial charge in [-0.15, -0.1) is 0 Å². The second-order valence-electron chi connectivity index (χ2n) is 8.25. The summed E-state index contributed by atoms with van der Waals surface area (Å²) in [6.45, 7) is 2.73. The van der Waals surface area contributed by atoms with Gasteiger partial charge in [0, 0.05) is 56.0 Å². The van der Waals surface area contributed by atoms with Crippen molar-refractivity contribution in [2.45, 2.75) is 38.5 Å². The van der Waals surface area contributed by atoms with Gasteiger partial charge in [-0.1, -0.05) is 30.2 Å². The van der Waals surface area contributed by atoms with Crippen LogP contribution in [0.2, 0.25) is 0 Å². The van der Waals surface area contributed by atoms with Crippen molar-refractivity contribution < 1.29 is 26.0 Å². The molecule has 2 saturated heterocycles. The Labute approximate surface area is 199 Å². The second kappa shape index (κ2) is 9.33. The van der Waals surface area contributed by atoms with E-state index in [1.165, 1.54) is 0 Å². The number of hydrogen-bond donors (Lipinski definition) is 2. The van der Waals surface area contributed by atoms with Gasteiger partial charge in [0.05, 0.1) is 20.1 Å². The zero-order valence-corrected chi connectivity index (χ0v) is 18.1. The van der Waals surface area contributed by atoms with Crippen LogP contribution in [0.15, 0.2) is 42.4 Å². The first kappa shape index (κ1) is 16.4. The number of nitrogens with zero attached hydrogens (tertiary/aromatic N) is 2. The summed E-state index contributed by atoms with van der Waals surface area (Å²) in [7, 11) is 0. The Hall–Kier alpha value is -3.23. The number of carbonyl (C=O) groups excluding carboxylic acids is 3. The van der Waals surface area contributed by atoms with E-state index in [0.717, 1.165) is 4.90 Å². The van der Waals surface area contributed by atoms with Gasteiger partial charge in [0.2, 0.25) is 11.8 Å². The predicted octanol–water partition coefficient (Wildman–Crippen LogP) is 1.89. The van der Waals surface area contributed by atoms with Crippen LogP contribution in [-0.4, -0.2) is 59.8 Å². The number of imide groups is 1.